The van der Waals surface area contributed by atoms with E-state index in [4.69, 9.17) is 11.6 Å². The molecule has 0 aromatic heterocycles. The third kappa shape index (κ3) is 4.54. The van der Waals surface area contributed by atoms with Crippen LogP contribution in [0.2, 0.25) is 0 Å². The summed E-state index contributed by atoms with van der Waals surface area (Å²) in [4.78, 5) is 23.1. The van der Waals surface area contributed by atoms with Crippen LogP contribution in [-0.2, 0) is 14.8 Å². The summed E-state index contributed by atoms with van der Waals surface area (Å²) in [6.07, 6.45) is 0. The first-order valence-corrected chi connectivity index (χ1v) is 8.52. The van der Waals surface area contributed by atoms with E-state index in [1.807, 2.05) is 4.72 Å². The lowest BCUT2D eigenvalue weighted by Crippen LogP contribution is -2.30. The van der Waals surface area contributed by atoms with Crippen LogP contribution in [0, 0.1) is 0 Å². The van der Waals surface area contributed by atoms with Gasteiger partial charge in [0.15, 0.2) is 0 Å². The minimum absolute atomic E-state index is 0.144. The van der Waals surface area contributed by atoms with Crippen molar-refractivity contribution in [3.63, 3.8) is 0 Å². The highest BCUT2D eigenvalue weighted by atomic mass is 35.5. The third-order valence-electron chi connectivity index (χ3n) is 2.81. The van der Waals surface area contributed by atoms with Crippen LogP contribution in [0.25, 0.3) is 0 Å². The van der Waals surface area contributed by atoms with Gasteiger partial charge in [0.2, 0.25) is 5.91 Å². The zero-order valence-corrected chi connectivity index (χ0v) is 13.4. The summed E-state index contributed by atoms with van der Waals surface area (Å²) in [5.74, 6) is -1.45. The normalized spacial score (nSPS) is 10.8. The van der Waals surface area contributed by atoms with E-state index in [1.54, 1.807) is 18.2 Å². The summed E-state index contributed by atoms with van der Waals surface area (Å²) in [6.45, 7) is 0. The highest BCUT2D eigenvalue weighted by Gasteiger charge is 2.19. The van der Waals surface area contributed by atoms with Crippen molar-refractivity contribution < 1.29 is 18.0 Å². The molecule has 0 bridgehead atoms. The quantitative estimate of drug-likeness (QED) is 0.805. The van der Waals surface area contributed by atoms with Crippen molar-refractivity contribution in [1.29, 1.82) is 0 Å². The number of halogens is 1. The molecular weight excluding hydrogens is 340 g/mol. The number of sulfonamides is 1. The molecule has 8 heteroatoms. The summed E-state index contributed by atoms with van der Waals surface area (Å²) < 4.78 is 26.5. The second kappa shape index (κ2) is 7.26. The molecule has 0 heterocycles. The van der Waals surface area contributed by atoms with Crippen LogP contribution >= 0.6 is 11.6 Å². The first-order valence-electron chi connectivity index (χ1n) is 6.50. The second-order valence-corrected chi connectivity index (χ2v) is 6.46. The molecule has 2 amide bonds. The number of alkyl halides is 1. The van der Waals surface area contributed by atoms with Crippen molar-refractivity contribution in [2.24, 2.45) is 0 Å². The first-order chi connectivity index (χ1) is 10.9. The molecule has 2 aromatic rings. The molecule has 0 saturated carbocycles. The number of carbonyl (C=O) groups excluding carboxylic acids is 2. The highest BCUT2D eigenvalue weighted by molar-refractivity contribution is 7.90. The monoisotopic (exact) mass is 352 g/mol. The van der Waals surface area contributed by atoms with E-state index in [0.29, 0.717) is 0 Å². The van der Waals surface area contributed by atoms with Crippen molar-refractivity contribution in [2.75, 3.05) is 11.2 Å². The van der Waals surface area contributed by atoms with Crippen molar-refractivity contribution in [2.45, 2.75) is 4.90 Å². The van der Waals surface area contributed by atoms with Crippen LogP contribution in [-0.4, -0.2) is 26.1 Å². The Kier molecular flexibility index (Phi) is 5.36. The van der Waals surface area contributed by atoms with Gasteiger partial charge in [-0.15, -0.1) is 11.6 Å². The van der Waals surface area contributed by atoms with E-state index in [-0.39, 0.29) is 22.0 Å². The average Bonchev–Trinajstić information content (AvgIpc) is 2.55. The molecule has 120 valence electrons. The molecule has 2 rings (SSSR count). The molecule has 0 aliphatic rings. The van der Waals surface area contributed by atoms with Gasteiger partial charge in [-0.25, -0.2) is 13.1 Å². The summed E-state index contributed by atoms with van der Waals surface area (Å²) in [7, 11) is -4.06. The molecule has 0 radical (unpaired) electrons. The molecule has 2 N–H and O–H groups in total. The molecule has 0 atom stereocenters. The van der Waals surface area contributed by atoms with Crippen molar-refractivity contribution in [3.8, 4) is 0 Å². The van der Waals surface area contributed by atoms with Gasteiger partial charge in [-0.05, 0) is 30.3 Å². The fourth-order valence-electron chi connectivity index (χ4n) is 1.76. The number of anilines is 1. The van der Waals surface area contributed by atoms with Crippen LogP contribution < -0.4 is 10.0 Å². The number of amides is 2. The SMILES string of the molecule is O=C(CCl)Nc1cccc(S(=O)(=O)NC(=O)c2ccccc2)c1. The minimum Gasteiger partial charge on any atom is -0.325 e. The molecule has 0 spiro atoms. The van der Waals surface area contributed by atoms with Crippen molar-refractivity contribution >= 4 is 39.1 Å². The number of rotatable bonds is 5. The van der Waals surface area contributed by atoms with E-state index in [0.717, 1.165) is 0 Å². The Bertz CT molecular complexity index is 822. The maximum Gasteiger partial charge on any atom is 0.264 e. The van der Waals surface area contributed by atoms with E-state index in [2.05, 4.69) is 5.32 Å². The van der Waals surface area contributed by atoms with Gasteiger partial charge >= 0.3 is 0 Å². The summed E-state index contributed by atoms with van der Waals surface area (Å²) in [5.41, 5.74) is 0.494. The first kappa shape index (κ1) is 17.0. The van der Waals surface area contributed by atoms with Gasteiger partial charge < -0.3 is 5.32 Å². The largest absolute Gasteiger partial charge is 0.325 e. The van der Waals surface area contributed by atoms with E-state index >= 15 is 0 Å². The zero-order valence-electron chi connectivity index (χ0n) is 11.8. The average molecular weight is 353 g/mol. The molecule has 0 aliphatic carbocycles. The van der Waals surface area contributed by atoms with Crippen LogP contribution in [0.3, 0.4) is 0 Å². The number of carbonyl (C=O) groups is 2. The summed E-state index contributed by atoms with van der Waals surface area (Å²) in [6, 6.07) is 13.5. The van der Waals surface area contributed by atoms with Gasteiger partial charge in [0, 0.05) is 11.3 Å². The Morgan fingerprint density at radius 1 is 1.00 bits per heavy atom. The number of hydrogen-bond acceptors (Lipinski definition) is 4. The highest BCUT2D eigenvalue weighted by Crippen LogP contribution is 2.16. The van der Waals surface area contributed by atoms with Gasteiger partial charge in [-0.2, -0.15) is 0 Å². The van der Waals surface area contributed by atoms with Crippen LogP contribution in [0.5, 0.6) is 0 Å². The predicted octanol–water partition coefficient (Wildman–Crippen LogP) is 1.98. The van der Waals surface area contributed by atoms with Crippen LogP contribution in [0.1, 0.15) is 10.4 Å². The summed E-state index contributed by atoms with van der Waals surface area (Å²) >= 11 is 5.38. The Labute approximate surface area is 138 Å². The Morgan fingerprint density at radius 3 is 2.35 bits per heavy atom. The molecule has 0 fully saturated rings. The Morgan fingerprint density at radius 2 is 1.70 bits per heavy atom. The molecule has 2 aromatic carbocycles. The van der Waals surface area contributed by atoms with Crippen molar-refractivity contribution in [3.05, 3.63) is 60.2 Å². The molecule has 23 heavy (non-hydrogen) atoms. The molecule has 0 unspecified atom stereocenters. The fraction of sp³-hybridized carbons (Fsp3) is 0.0667. The maximum atomic E-state index is 12.3. The third-order valence-corrected chi connectivity index (χ3v) is 4.38. The van der Waals surface area contributed by atoms with Gasteiger partial charge in [0.1, 0.15) is 5.88 Å². The van der Waals surface area contributed by atoms with Gasteiger partial charge in [-0.1, -0.05) is 24.3 Å². The Hall–Kier alpha value is -2.38. The lowest BCUT2D eigenvalue weighted by Gasteiger charge is -2.09. The number of hydrogen-bond donors (Lipinski definition) is 2. The molecule has 0 saturated heterocycles. The topological polar surface area (TPSA) is 92.3 Å². The number of benzene rings is 2. The molecule has 0 aliphatic heterocycles. The minimum atomic E-state index is -4.06. The summed E-state index contributed by atoms with van der Waals surface area (Å²) in [5, 5.41) is 2.44. The van der Waals surface area contributed by atoms with E-state index in [9.17, 15) is 18.0 Å². The van der Waals surface area contributed by atoms with Gasteiger partial charge in [-0.3, -0.25) is 9.59 Å². The van der Waals surface area contributed by atoms with E-state index < -0.39 is 21.8 Å². The maximum absolute atomic E-state index is 12.3. The fourth-order valence-corrected chi connectivity index (χ4v) is 2.85. The smallest absolute Gasteiger partial charge is 0.264 e. The number of nitrogens with one attached hydrogen (secondary N) is 2. The predicted molar refractivity (Wildman–Crippen MR) is 86.9 cm³/mol. The standard InChI is InChI=1S/C15H13ClN2O4S/c16-10-14(19)17-12-7-4-8-13(9-12)23(21,22)18-15(20)11-5-2-1-3-6-11/h1-9H,10H2,(H,17,19)(H,18,20). The van der Waals surface area contributed by atoms with Crippen LogP contribution in [0.4, 0.5) is 5.69 Å². The lowest BCUT2D eigenvalue weighted by molar-refractivity contribution is -0.113. The molecule has 6 nitrogen and oxygen atoms in total. The lowest BCUT2D eigenvalue weighted by atomic mass is 10.2. The van der Waals surface area contributed by atoms with E-state index in [1.165, 1.54) is 36.4 Å². The second-order valence-electron chi connectivity index (χ2n) is 4.51. The van der Waals surface area contributed by atoms with Gasteiger partial charge in [0.05, 0.1) is 4.90 Å². The van der Waals surface area contributed by atoms with Gasteiger partial charge in [0.25, 0.3) is 15.9 Å². The molecular formula is C15H13ClN2O4S. The van der Waals surface area contributed by atoms with Crippen LogP contribution in [0.15, 0.2) is 59.5 Å². The van der Waals surface area contributed by atoms with Crippen molar-refractivity contribution in [1.82, 2.24) is 4.72 Å². The zero-order chi connectivity index (χ0) is 16.9. The Balaban J connectivity index is 2.21.